The number of hydrogen-bond donors (Lipinski definition) is 0. The number of rotatable bonds is 5. The summed E-state index contributed by atoms with van der Waals surface area (Å²) in [6.07, 6.45) is 2.17. The zero-order chi connectivity index (χ0) is 14.3. The maximum absolute atomic E-state index is 2.25. The van der Waals surface area contributed by atoms with Gasteiger partial charge in [0.1, 0.15) is 0 Å². The lowest BCUT2D eigenvalue weighted by molar-refractivity contribution is 0.680. The fourth-order valence-corrected chi connectivity index (χ4v) is 2.83. The van der Waals surface area contributed by atoms with Crippen molar-refractivity contribution in [3.05, 3.63) is 108 Å². The summed E-state index contributed by atoms with van der Waals surface area (Å²) in [6.45, 7) is 0. The lowest BCUT2D eigenvalue weighted by Gasteiger charge is -2.18. The zero-order valence-corrected chi connectivity index (χ0v) is 12.2. The molecule has 0 spiro atoms. The Balaban J connectivity index is 0.00000176. The maximum Gasteiger partial charge on any atom is 0 e. The molecule has 3 rings (SSSR count). The van der Waals surface area contributed by atoms with Gasteiger partial charge in [-0.15, -0.1) is 0 Å². The fourth-order valence-electron chi connectivity index (χ4n) is 2.83. The smallest absolute Gasteiger partial charge is 0 e. The van der Waals surface area contributed by atoms with Gasteiger partial charge < -0.3 is 0 Å². The van der Waals surface area contributed by atoms with Gasteiger partial charge in [-0.3, -0.25) is 0 Å². The molecule has 0 aromatic heterocycles. The van der Waals surface area contributed by atoms with Gasteiger partial charge in [-0.05, 0) is 35.4 Å². The van der Waals surface area contributed by atoms with Crippen LogP contribution in [0.1, 0.15) is 24.0 Å². The van der Waals surface area contributed by atoms with Crippen molar-refractivity contribution in [2.24, 2.45) is 0 Å². The molecule has 106 valence electrons. The Kier molecular flexibility index (Phi) is 4.48. The summed E-state index contributed by atoms with van der Waals surface area (Å²) in [6, 6.07) is 32.4. The van der Waals surface area contributed by atoms with Gasteiger partial charge in [0, 0.05) is 1.43 Å². The highest BCUT2D eigenvalue weighted by atomic mass is 14.2. The van der Waals surface area contributed by atoms with Crippen LogP contribution in [0.2, 0.25) is 0 Å². The average molecular weight is 274 g/mol. The molecule has 0 fully saturated rings. The lowest BCUT2D eigenvalue weighted by atomic mass is 9.87. The van der Waals surface area contributed by atoms with Crippen LogP contribution >= 0.6 is 0 Å². The first-order valence-corrected chi connectivity index (χ1v) is 7.54. The van der Waals surface area contributed by atoms with E-state index in [1.165, 1.54) is 16.7 Å². The van der Waals surface area contributed by atoms with Gasteiger partial charge >= 0.3 is 0 Å². The van der Waals surface area contributed by atoms with Crippen LogP contribution in [0.15, 0.2) is 91.0 Å². The zero-order valence-electron chi connectivity index (χ0n) is 12.2. The first-order valence-electron chi connectivity index (χ1n) is 7.54. The Labute approximate surface area is 128 Å². The van der Waals surface area contributed by atoms with Crippen molar-refractivity contribution >= 4 is 0 Å². The van der Waals surface area contributed by atoms with Gasteiger partial charge in [0.25, 0.3) is 0 Å². The van der Waals surface area contributed by atoms with Crippen molar-refractivity contribution < 1.29 is 1.43 Å². The Morgan fingerprint density at radius 3 is 1.33 bits per heavy atom. The summed E-state index contributed by atoms with van der Waals surface area (Å²) in [5.41, 5.74) is 4.23. The second-order valence-electron chi connectivity index (χ2n) is 5.49. The predicted octanol–water partition coefficient (Wildman–Crippen LogP) is 5.50. The van der Waals surface area contributed by atoms with Crippen LogP contribution in [0.4, 0.5) is 0 Å². The Morgan fingerprint density at radius 2 is 0.905 bits per heavy atom. The Hall–Kier alpha value is -2.34. The highest BCUT2D eigenvalue weighted by molar-refractivity contribution is 5.27. The van der Waals surface area contributed by atoms with E-state index in [-0.39, 0.29) is 1.43 Å². The summed E-state index contributed by atoms with van der Waals surface area (Å²) < 4.78 is 0. The molecule has 0 unspecified atom stereocenters. The van der Waals surface area contributed by atoms with Crippen LogP contribution in [0.3, 0.4) is 0 Å². The minimum Gasteiger partial charge on any atom is -0.0622 e. The van der Waals surface area contributed by atoms with Crippen LogP contribution < -0.4 is 0 Å². The highest BCUT2D eigenvalue weighted by Gasteiger charge is 2.13. The molecule has 0 N–H and O–H groups in total. The first kappa shape index (κ1) is 13.6. The van der Waals surface area contributed by atoms with E-state index in [4.69, 9.17) is 0 Å². The topological polar surface area (TPSA) is 0 Å². The molecular weight excluding hydrogens is 252 g/mol. The van der Waals surface area contributed by atoms with Crippen LogP contribution in [0.5, 0.6) is 0 Å². The summed E-state index contributed by atoms with van der Waals surface area (Å²) in [5.74, 6) is 0.524. The van der Waals surface area contributed by atoms with E-state index in [0.717, 1.165) is 12.8 Å². The van der Waals surface area contributed by atoms with Crippen molar-refractivity contribution in [1.29, 1.82) is 0 Å². The molecule has 3 aromatic carbocycles. The molecule has 0 nitrogen and oxygen atoms in total. The third-order valence-electron chi connectivity index (χ3n) is 3.92. The van der Waals surface area contributed by atoms with Crippen LogP contribution in [0, 0.1) is 0 Å². The predicted molar refractivity (Wildman–Crippen MR) is 91.6 cm³/mol. The second-order valence-corrected chi connectivity index (χ2v) is 5.49. The van der Waals surface area contributed by atoms with E-state index < -0.39 is 0 Å². The average Bonchev–Trinajstić information content (AvgIpc) is 2.57. The normalized spacial score (nSPS) is 10.7. The summed E-state index contributed by atoms with van der Waals surface area (Å²) in [5, 5.41) is 0. The summed E-state index contributed by atoms with van der Waals surface area (Å²) >= 11 is 0. The third-order valence-corrected chi connectivity index (χ3v) is 3.92. The molecule has 21 heavy (non-hydrogen) atoms. The van der Waals surface area contributed by atoms with E-state index >= 15 is 0 Å². The van der Waals surface area contributed by atoms with E-state index in [1.807, 2.05) is 0 Å². The molecule has 0 bridgehead atoms. The SMILES string of the molecule is [HH].c1ccc(CC(Cc2ccccc2)c2ccccc2)cc1. The monoisotopic (exact) mass is 274 g/mol. The van der Waals surface area contributed by atoms with Crippen LogP contribution in [-0.4, -0.2) is 0 Å². The van der Waals surface area contributed by atoms with Gasteiger partial charge in [0.15, 0.2) is 0 Å². The fraction of sp³-hybridized carbons (Fsp3) is 0.143. The van der Waals surface area contributed by atoms with Crippen molar-refractivity contribution in [2.75, 3.05) is 0 Å². The summed E-state index contributed by atoms with van der Waals surface area (Å²) in [4.78, 5) is 0. The van der Waals surface area contributed by atoms with Crippen molar-refractivity contribution in [2.45, 2.75) is 18.8 Å². The molecule has 0 radical (unpaired) electrons. The molecule has 0 aliphatic carbocycles. The van der Waals surface area contributed by atoms with E-state index in [2.05, 4.69) is 91.0 Å². The number of benzene rings is 3. The largest absolute Gasteiger partial charge is 0.0622 e. The second kappa shape index (κ2) is 6.90. The molecule has 0 aliphatic heterocycles. The maximum atomic E-state index is 2.25. The van der Waals surface area contributed by atoms with E-state index in [9.17, 15) is 0 Å². The molecule has 0 saturated heterocycles. The molecule has 3 aromatic rings. The van der Waals surface area contributed by atoms with Gasteiger partial charge in [0.2, 0.25) is 0 Å². The van der Waals surface area contributed by atoms with Crippen molar-refractivity contribution in [3.8, 4) is 0 Å². The van der Waals surface area contributed by atoms with Crippen LogP contribution in [0.25, 0.3) is 0 Å². The Morgan fingerprint density at radius 1 is 0.524 bits per heavy atom. The van der Waals surface area contributed by atoms with Gasteiger partial charge in [-0.25, -0.2) is 0 Å². The van der Waals surface area contributed by atoms with E-state index in [1.54, 1.807) is 0 Å². The highest BCUT2D eigenvalue weighted by Crippen LogP contribution is 2.25. The van der Waals surface area contributed by atoms with Gasteiger partial charge in [0.05, 0.1) is 0 Å². The molecule has 0 saturated carbocycles. The third kappa shape index (κ3) is 3.82. The molecule has 0 heteroatoms. The molecular formula is C21H22. The van der Waals surface area contributed by atoms with E-state index in [0.29, 0.717) is 5.92 Å². The minimum atomic E-state index is 0. The molecule has 0 amide bonds. The Bertz CT molecular complexity index is 606. The standard InChI is InChI=1S/C21H20.H2/c1-4-10-18(11-5-1)16-21(20-14-8-3-9-15-20)17-19-12-6-2-7-13-19;/h1-15,21H,16-17H2;1H. The van der Waals surface area contributed by atoms with Crippen molar-refractivity contribution in [1.82, 2.24) is 0 Å². The van der Waals surface area contributed by atoms with Gasteiger partial charge in [-0.1, -0.05) is 91.0 Å². The molecule has 0 atom stereocenters. The quantitative estimate of drug-likeness (QED) is 0.576. The molecule has 0 heterocycles. The number of hydrogen-bond acceptors (Lipinski definition) is 0. The van der Waals surface area contributed by atoms with Crippen LogP contribution in [-0.2, 0) is 12.8 Å². The first-order chi connectivity index (χ1) is 10.4. The van der Waals surface area contributed by atoms with Crippen molar-refractivity contribution in [3.63, 3.8) is 0 Å². The summed E-state index contributed by atoms with van der Waals surface area (Å²) in [7, 11) is 0. The van der Waals surface area contributed by atoms with Gasteiger partial charge in [-0.2, -0.15) is 0 Å². The minimum absolute atomic E-state index is 0. The molecule has 0 aliphatic rings. The lowest BCUT2D eigenvalue weighted by Crippen LogP contribution is -2.06.